The van der Waals surface area contributed by atoms with E-state index in [0.717, 1.165) is 11.3 Å². The minimum atomic E-state index is -0.983. The number of carbonyl (C=O) groups excluding carboxylic acids is 1. The van der Waals surface area contributed by atoms with Crippen LogP contribution in [-0.2, 0) is 4.79 Å². The lowest BCUT2D eigenvalue weighted by Crippen LogP contribution is -2.90. The average Bonchev–Trinajstić information content (AvgIpc) is 2.78. The Morgan fingerprint density at radius 2 is 2.19 bits per heavy atom. The van der Waals surface area contributed by atoms with Gasteiger partial charge in [0.2, 0.25) is 0 Å². The summed E-state index contributed by atoms with van der Waals surface area (Å²) in [6.45, 7) is 0. The molecule has 86 valence electrons. The normalized spacial score (nSPS) is 24.3. The molecule has 16 heavy (non-hydrogen) atoms. The molecular formula is C11H13NO3S. The van der Waals surface area contributed by atoms with Gasteiger partial charge in [0, 0.05) is 5.56 Å². The Labute approximate surface area is 98.0 Å². The molecule has 1 saturated heterocycles. The first-order valence-corrected chi connectivity index (χ1v) is 6.07. The van der Waals surface area contributed by atoms with E-state index < -0.39 is 12.0 Å². The quantitative estimate of drug-likeness (QED) is 0.744. The van der Waals surface area contributed by atoms with Gasteiger partial charge in [0.25, 0.3) is 0 Å². The van der Waals surface area contributed by atoms with Crippen molar-refractivity contribution in [2.75, 3.05) is 12.9 Å². The molecule has 1 aromatic carbocycles. The second kappa shape index (κ2) is 4.76. The molecule has 0 amide bonds. The lowest BCUT2D eigenvalue weighted by Gasteiger charge is -2.11. The molecule has 1 aliphatic rings. The number of carboxylic acid groups (broad SMARTS) is 1. The van der Waals surface area contributed by atoms with Gasteiger partial charge in [-0.3, -0.25) is 0 Å². The number of carbonyl (C=O) groups is 1. The van der Waals surface area contributed by atoms with Crippen molar-refractivity contribution < 1.29 is 20.0 Å². The topological polar surface area (TPSA) is 66.0 Å². The number of quaternary nitrogens is 1. The van der Waals surface area contributed by atoms with Crippen molar-refractivity contribution in [3.05, 3.63) is 29.8 Å². The smallest absolute Gasteiger partial charge is 0.159 e. The summed E-state index contributed by atoms with van der Waals surface area (Å²) in [5.74, 6) is 0.422. The van der Waals surface area contributed by atoms with Crippen LogP contribution in [0.25, 0.3) is 0 Å². The second-order valence-corrected chi connectivity index (χ2v) is 4.82. The van der Waals surface area contributed by atoms with Crippen LogP contribution in [0.3, 0.4) is 0 Å². The summed E-state index contributed by atoms with van der Waals surface area (Å²) in [4.78, 5) is 10.7. The number of benzene rings is 1. The highest BCUT2D eigenvalue weighted by molar-refractivity contribution is 7.99. The summed E-state index contributed by atoms with van der Waals surface area (Å²) in [5.41, 5.74) is 1.11. The van der Waals surface area contributed by atoms with Gasteiger partial charge in [-0.15, -0.1) is 0 Å². The van der Waals surface area contributed by atoms with Crippen molar-refractivity contribution in [3.8, 4) is 5.75 Å². The highest BCUT2D eigenvalue weighted by atomic mass is 32.2. The van der Waals surface area contributed by atoms with Crippen LogP contribution in [-0.4, -0.2) is 24.9 Å². The summed E-state index contributed by atoms with van der Waals surface area (Å²) in [6, 6.07) is 7.26. The van der Waals surface area contributed by atoms with Gasteiger partial charge in [0.15, 0.2) is 5.37 Å². The van der Waals surface area contributed by atoms with Crippen molar-refractivity contribution in [2.24, 2.45) is 0 Å². The van der Waals surface area contributed by atoms with E-state index in [0.29, 0.717) is 5.75 Å². The Hall–Kier alpha value is -1.20. The summed E-state index contributed by atoms with van der Waals surface area (Å²) >= 11 is 1.63. The van der Waals surface area contributed by atoms with E-state index in [1.807, 2.05) is 29.6 Å². The van der Waals surface area contributed by atoms with E-state index in [4.69, 9.17) is 4.74 Å². The molecule has 4 nitrogen and oxygen atoms in total. The summed E-state index contributed by atoms with van der Waals surface area (Å²) < 4.78 is 5.07. The van der Waals surface area contributed by atoms with Crippen LogP contribution in [0.15, 0.2) is 24.3 Å². The molecule has 2 N–H and O–H groups in total. The van der Waals surface area contributed by atoms with Crippen molar-refractivity contribution >= 4 is 17.7 Å². The Kier molecular flexibility index (Phi) is 3.36. The number of rotatable bonds is 3. The molecule has 5 heteroatoms. The molecule has 2 atom stereocenters. The lowest BCUT2D eigenvalue weighted by molar-refractivity contribution is -0.690. The van der Waals surface area contributed by atoms with Gasteiger partial charge >= 0.3 is 0 Å². The fourth-order valence-electron chi connectivity index (χ4n) is 1.68. The van der Waals surface area contributed by atoms with Gasteiger partial charge in [0.1, 0.15) is 17.8 Å². The van der Waals surface area contributed by atoms with Crippen molar-refractivity contribution in [1.82, 2.24) is 0 Å². The van der Waals surface area contributed by atoms with E-state index in [9.17, 15) is 9.90 Å². The van der Waals surface area contributed by atoms with E-state index in [1.54, 1.807) is 18.9 Å². The van der Waals surface area contributed by atoms with Crippen LogP contribution in [0.1, 0.15) is 10.9 Å². The van der Waals surface area contributed by atoms with Gasteiger partial charge in [-0.25, -0.2) is 0 Å². The third kappa shape index (κ3) is 2.31. The summed E-state index contributed by atoms with van der Waals surface area (Å²) in [6.07, 6.45) is 0. The number of nitrogens with two attached hydrogens (primary N) is 1. The zero-order valence-electron chi connectivity index (χ0n) is 8.88. The SMILES string of the molecule is COc1ccc([C@@H]2[NH2+][C@@H](C(=O)[O-])CS2)cc1. The number of ether oxygens (including phenoxy) is 1. The van der Waals surface area contributed by atoms with E-state index >= 15 is 0 Å². The maximum atomic E-state index is 10.7. The van der Waals surface area contributed by atoms with E-state index in [1.165, 1.54) is 0 Å². The number of hydrogen-bond donors (Lipinski definition) is 1. The zero-order chi connectivity index (χ0) is 11.5. The van der Waals surface area contributed by atoms with Gasteiger partial charge < -0.3 is 20.0 Å². The minimum absolute atomic E-state index is 0.147. The van der Waals surface area contributed by atoms with E-state index in [2.05, 4.69) is 0 Å². The maximum absolute atomic E-state index is 10.7. The molecule has 0 unspecified atom stereocenters. The highest BCUT2D eigenvalue weighted by Gasteiger charge is 2.30. The Balaban J connectivity index is 2.05. The number of aliphatic carboxylic acids is 1. The highest BCUT2D eigenvalue weighted by Crippen LogP contribution is 2.27. The summed E-state index contributed by atoms with van der Waals surface area (Å²) in [7, 11) is 1.62. The van der Waals surface area contributed by atoms with Crippen molar-refractivity contribution in [1.29, 1.82) is 0 Å². The predicted octanol–water partition coefficient (Wildman–Crippen LogP) is -0.877. The molecule has 1 fully saturated rings. The van der Waals surface area contributed by atoms with Crippen molar-refractivity contribution in [3.63, 3.8) is 0 Å². The number of methoxy groups -OCH3 is 1. The monoisotopic (exact) mass is 239 g/mol. The van der Waals surface area contributed by atoms with Gasteiger partial charge in [-0.1, -0.05) is 11.8 Å². The lowest BCUT2D eigenvalue weighted by atomic mass is 10.2. The van der Waals surface area contributed by atoms with Crippen LogP contribution >= 0.6 is 11.8 Å². The maximum Gasteiger partial charge on any atom is 0.159 e. The first kappa shape index (κ1) is 11.3. The van der Waals surface area contributed by atoms with E-state index in [-0.39, 0.29) is 5.37 Å². The molecule has 2 rings (SSSR count). The standard InChI is InChI=1S/C11H13NO3S/c1-15-8-4-2-7(3-5-8)10-12-9(6-16-10)11(13)14/h2-5,9-10,12H,6H2,1H3,(H,13,14)/t9-,10-/m1/s1. The fraction of sp³-hybridized carbons (Fsp3) is 0.364. The van der Waals surface area contributed by atoms with Crippen LogP contribution in [0.4, 0.5) is 0 Å². The zero-order valence-corrected chi connectivity index (χ0v) is 9.70. The third-order valence-corrected chi connectivity index (χ3v) is 3.95. The molecule has 0 bridgehead atoms. The molecule has 0 aliphatic carbocycles. The molecule has 0 aromatic heterocycles. The Morgan fingerprint density at radius 3 is 2.69 bits per heavy atom. The average molecular weight is 239 g/mol. The summed E-state index contributed by atoms with van der Waals surface area (Å²) in [5, 5.41) is 12.7. The molecule has 0 radical (unpaired) electrons. The first-order valence-electron chi connectivity index (χ1n) is 5.02. The van der Waals surface area contributed by atoms with Crippen LogP contribution in [0.2, 0.25) is 0 Å². The van der Waals surface area contributed by atoms with Crippen LogP contribution in [0.5, 0.6) is 5.75 Å². The fourth-order valence-corrected chi connectivity index (χ4v) is 2.99. The first-order chi connectivity index (χ1) is 7.70. The van der Waals surface area contributed by atoms with Gasteiger partial charge in [-0.05, 0) is 24.3 Å². The number of carboxylic acids is 1. The molecule has 1 heterocycles. The van der Waals surface area contributed by atoms with Crippen molar-refractivity contribution in [2.45, 2.75) is 11.4 Å². The minimum Gasteiger partial charge on any atom is -0.544 e. The predicted molar refractivity (Wildman–Crippen MR) is 58.9 cm³/mol. The second-order valence-electron chi connectivity index (χ2n) is 3.65. The molecule has 1 aliphatic heterocycles. The molecule has 0 spiro atoms. The Bertz CT molecular complexity index is 379. The van der Waals surface area contributed by atoms with Crippen LogP contribution < -0.4 is 15.2 Å². The molecule has 0 saturated carbocycles. The van der Waals surface area contributed by atoms with Gasteiger partial charge in [0.05, 0.1) is 12.9 Å². The molecular weight excluding hydrogens is 226 g/mol. The Morgan fingerprint density at radius 1 is 1.50 bits per heavy atom. The van der Waals surface area contributed by atoms with Gasteiger partial charge in [-0.2, -0.15) is 0 Å². The third-order valence-electron chi connectivity index (χ3n) is 2.61. The number of hydrogen-bond acceptors (Lipinski definition) is 4. The molecule has 1 aromatic rings. The largest absolute Gasteiger partial charge is 0.544 e. The van der Waals surface area contributed by atoms with Crippen LogP contribution in [0, 0.1) is 0 Å². The number of thioether (sulfide) groups is 1.